The molecule has 4 rings (SSSR count). The number of allylic oxidation sites excluding steroid dienone is 8. The Bertz CT molecular complexity index is 1310. The number of benzene rings is 2. The Labute approximate surface area is 230 Å². The molecule has 2 aromatic carbocycles. The van der Waals surface area contributed by atoms with Crippen molar-refractivity contribution in [2.24, 2.45) is 5.92 Å². The molecule has 2 aromatic rings. The van der Waals surface area contributed by atoms with Gasteiger partial charge in [-0.25, -0.2) is 4.39 Å². The molecule has 5 heteroatoms. The van der Waals surface area contributed by atoms with E-state index in [1.807, 2.05) is 37.3 Å². The van der Waals surface area contributed by atoms with Crippen molar-refractivity contribution in [3.8, 4) is 5.75 Å². The Morgan fingerprint density at radius 3 is 2.36 bits per heavy atom. The van der Waals surface area contributed by atoms with E-state index in [9.17, 15) is 14.0 Å². The van der Waals surface area contributed by atoms with Crippen LogP contribution in [0.4, 0.5) is 4.39 Å². The summed E-state index contributed by atoms with van der Waals surface area (Å²) in [5, 5.41) is 0. The van der Waals surface area contributed by atoms with E-state index in [0.29, 0.717) is 38.2 Å². The highest BCUT2D eigenvalue weighted by Crippen LogP contribution is 2.42. The summed E-state index contributed by atoms with van der Waals surface area (Å²) < 4.78 is 23.8. The lowest BCUT2D eigenvalue weighted by molar-refractivity contribution is -0.117. The number of fused-ring (bicyclic) bond motifs is 1. The Balaban J connectivity index is 1.31. The van der Waals surface area contributed by atoms with Crippen molar-refractivity contribution in [3.05, 3.63) is 106 Å². The predicted molar refractivity (Wildman–Crippen MR) is 154 cm³/mol. The fraction of sp³-hybridized carbons (Fsp3) is 0.353. The maximum atomic E-state index is 13.1. The largest absolute Gasteiger partial charge is 0.461 e. The third-order valence-corrected chi connectivity index (χ3v) is 7.07. The minimum Gasteiger partial charge on any atom is -0.461 e. The van der Waals surface area contributed by atoms with Crippen molar-refractivity contribution >= 4 is 17.1 Å². The summed E-state index contributed by atoms with van der Waals surface area (Å²) in [6, 6.07) is 13.7. The van der Waals surface area contributed by atoms with Gasteiger partial charge in [-0.3, -0.25) is 4.79 Å². The third kappa shape index (κ3) is 7.73. The Morgan fingerprint density at radius 2 is 1.67 bits per heavy atom. The molecule has 2 aliphatic carbocycles. The Kier molecular flexibility index (Phi) is 9.83. The lowest BCUT2D eigenvalue weighted by atomic mass is 9.82. The van der Waals surface area contributed by atoms with Crippen LogP contribution in [0.25, 0.3) is 5.57 Å². The normalized spacial score (nSPS) is 16.7. The summed E-state index contributed by atoms with van der Waals surface area (Å²) in [6.07, 6.45) is 12.7. The molecule has 0 radical (unpaired) electrons. The molecule has 0 saturated heterocycles. The summed E-state index contributed by atoms with van der Waals surface area (Å²) in [7, 11) is 0. The average Bonchev–Trinajstić information content (AvgIpc) is 3.33. The molecule has 0 aromatic heterocycles. The minimum absolute atomic E-state index is 0.135. The molecule has 39 heavy (non-hydrogen) atoms. The smallest absolute Gasteiger partial charge is 0.235 e. The molecule has 0 bridgehead atoms. The van der Waals surface area contributed by atoms with Gasteiger partial charge in [-0.15, -0.1) is 0 Å². The van der Waals surface area contributed by atoms with Crippen molar-refractivity contribution in [2.75, 3.05) is 13.2 Å². The van der Waals surface area contributed by atoms with Gasteiger partial charge in [0, 0.05) is 44.5 Å². The number of aryl methyl sites for hydroxylation is 1. The van der Waals surface area contributed by atoms with Gasteiger partial charge in [0.2, 0.25) is 6.36 Å². The molecule has 0 fully saturated rings. The molecule has 4 nitrogen and oxygen atoms in total. The number of ether oxygens (including phenoxy) is 2. The molecule has 2 atom stereocenters. The van der Waals surface area contributed by atoms with E-state index in [1.165, 1.54) is 29.2 Å². The van der Waals surface area contributed by atoms with Crippen LogP contribution in [0.1, 0.15) is 66.6 Å². The lowest BCUT2D eigenvalue weighted by Gasteiger charge is -2.22. The van der Waals surface area contributed by atoms with E-state index < -0.39 is 6.36 Å². The van der Waals surface area contributed by atoms with Crippen molar-refractivity contribution < 1.29 is 23.5 Å². The van der Waals surface area contributed by atoms with E-state index in [2.05, 4.69) is 42.5 Å². The lowest BCUT2D eigenvalue weighted by Crippen LogP contribution is -2.09. The fourth-order valence-electron chi connectivity index (χ4n) is 5.16. The average molecular weight is 529 g/mol. The van der Waals surface area contributed by atoms with Gasteiger partial charge in [0.05, 0.1) is 0 Å². The van der Waals surface area contributed by atoms with E-state index in [-0.39, 0.29) is 17.5 Å². The number of ketones is 2. The third-order valence-electron chi connectivity index (χ3n) is 7.07. The molecule has 0 aliphatic heterocycles. The number of Topliss-reactive ketones (excluding diaryl/α,β-unsaturated/α-hetero) is 2. The number of hydrogen-bond donors (Lipinski definition) is 0. The van der Waals surface area contributed by atoms with Crippen LogP contribution in [0.5, 0.6) is 5.75 Å². The van der Waals surface area contributed by atoms with Gasteiger partial charge in [-0.1, -0.05) is 60.7 Å². The molecular weight excluding hydrogens is 491 g/mol. The first kappa shape index (κ1) is 28.4. The van der Waals surface area contributed by atoms with Gasteiger partial charge < -0.3 is 14.3 Å². The summed E-state index contributed by atoms with van der Waals surface area (Å²) in [5.41, 5.74) is 7.79. The van der Waals surface area contributed by atoms with E-state index in [1.54, 1.807) is 6.92 Å². The zero-order valence-corrected chi connectivity index (χ0v) is 23.0. The van der Waals surface area contributed by atoms with Crippen LogP contribution < -0.4 is 4.74 Å². The fourth-order valence-corrected chi connectivity index (χ4v) is 5.16. The standard InChI is InChI=1S/C34H37FO4/c1-23-21-26(11-16-30(23)34(37)10-6-20-38-19-5-7-24(2)36)22-28-8-4-9-33-31(17-18-32(28)33)27-12-14-29(15-13-27)39-25(3)35/h4,8-9,11-18,21,25,33H,5-7,10,19-20,22H2,1-3H3. The molecule has 0 saturated carbocycles. The molecule has 0 heterocycles. The monoisotopic (exact) mass is 528 g/mol. The van der Waals surface area contributed by atoms with Gasteiger partial charge in [-0.05, 0) is 78.7 Å². The van der Waals surface area contributed by atoms with Gasteiger partial charge in [0.15, 0.2) is 5.78 Å². The van der Waals surface area contributed by atoms with Gasteiger partial charge >= 0.3 is 0 Å². The number of carbonyl (C=O) groups excluding carboxylic acids is 2. The van der Waals surface area contributed by atoms with Crippen LogP contribution in [0.2, 0.25) is 0 Å². The molecule has 0 spiro atoms. The van der Waals surface area contributed by atoms with Crippen LogP contribution in [-0.4, -0.2) is 31.1 Å². The van der Waals surface area contributed by atoms with Crippen LogP contribution in [-0.2, 0) is 16.0 Å². The first-order valence-electron chi connectivity index (χ1n) is 13.7. The molecule has 2 unspecified atom stereocenters. The van der Waals surface area contributed by atoms with Crippen molar-refractivity contribution in [3.63, 3.8) is 0 Å². The van der Waals surface area contributed by atoms with Gasteiger partial charge in [0.25, 0.3) is 0 Å². The molecule has 0 N–H and O–H groups in total. The van der Waals surface area contributed by atoms with Crippen LogP contribution in [0, 0.1) is 12.8 Å². The van der Waals surface area contributed by atoms with Crippen molar-refractivity contribution in [1.82, 2.24) is 0 Å². The highest BCUT2D eigenvalue weighted by atomic mass is 19.1. The second-order valence-electron chi connectivity index (χ2n) is 10.3. The van der Waals surface area contributed by atoms with Crippen LogP contribution in [0.3, 0.4) is 0 Å². The summed E-state index contributed by atoms with van der Waals surface area (Å²) in [6.45, 7) is 6.04. The van der Waals surface area contributed by atoms with Crippen molar-refractivity contribution in [1.29, 1.82) is 0 Å². The Morgan fingerprint density at radius 1 is 0.949 bits per heavy atom. The highest BCUT2D eigenvalue weighted by molar-refractivity contribution is 5.97. The topological polar surface area (TPSA) is 52.6 Å². The highest BCUT2D eigenvalue weighted by Gasteiger charge is 2.26. The quantitative estimate of drug-likeness (QED) is 0.186. The number of halogens is 1. The Hall–Kier alpha value is -3.57. The zero-order chi connectivity index (χ0) is 27.8. The van der Waals surface area contributed by atoms with Gasteiger partial charge in [-0.2, -0.15) is 0 Å². The maximum Gasteiger partial charge on any atom is 0.235 e. The van der Waals surface area contributed by atoms with E-state index >= 15 is 0 Å². The first-order chi connectivity index (χ1) is 18.8. The summed E-state index contributed by atoms with van der Waals surface area (Å²) in [4.78, 5) is 23.7. The first-order valence-corrected chi connectivity index (χ1v) is 13.7. The number of hydrogen-bond acceptors (Lipinski definition) is 4. The molecular formula is C34H37FO4. The molecule has 2 aliphatic rings. The molecule has 204 valence electrons. The predicted octanol–water partition coefficient (Wildman–Crippen LogP) is 7.72. The number of carbonyl (C=O) groups is 2. The van der Waals surface area contributed by atoms with Crippen molar-refractivity contribution in [2.45, 2.75) is 59.2 Å². The second-order valence-corrected chi connectivity index (χ2v) is 10.3. The number of alkyl halides is 1. The maximum absolute atomic E-state index is 13.1. The van der Waals surface area contributed by atoms with Crippen LogP contribution in [0.15, 0.2) is 84.0 Å². The second kappa shape index (κ2) is 13.5. The van der Waals surface area contributed by atoms with Gasteiger partial charge in [0.1, 0.15) is 11.5 Å². The minimum atomic E-state index is -1.34. The zero-order valence-electron chi connectivity index (χ0n) is 23.0. The van der Waals surface area contributed by atoms with E-state index in [0.717, 1.165) is 29.5 Å². The van der Waals surface area contributed by atoms with Crippen LogP contribution >= 0.6 is 0 Å². The summed E-state index contributed by atoms with van der Waals surface area (Å²) >= 11 is 0. The molecule has 0 amide bonds. The van der Waals surface area contributed by atoms with E-state index in [4.69, 9.17) is 9.47 Å². The SMILES string of the molecule is CC(=O)CCCOCCCC(=O)c1ccc(CC2=CC=CC3C2=CC=C3c2ccc(OC(C)F)cc2)cc1C. The number of rotatable bonds is 14. The summed E-state index contributed by atoms with van der Waals surface area (Å²) in [5.74, 6) is 1.01.